The van der Waals surface area contributed by atoms with Crippen molar-refractivity contribution in [3.63, 3.8) is 0 Å². The number of aryl methyl sites for hydroxylation is 1. The van der Waals surface area contributed by atoms with E-state index < -0.39 is 0 Å². The number of methoxy groups -OCH3 is 1. The van der Waals surface area contributed by atoms with Crippen LogP contribution in [0.1, 0.15) is 0 Å². The summed E-state index contributed by atoms with van der Waals surface area (Å²) in [5, 5.41) is 5.60. The van der Waals surface area contributed by atoms with E-state index in [-0.39, 0.29) is 0 Å². The molecule has 4 rings (SSSR count). The lowest BCUT2D eigenvalue weighted by molar-refractivity contribution is 0.415. The fraction of sp³-hybridized carbons (Fsp3) is 0.105. The van der Waals surface area contributed by atoms with Gasteiger partial charge in [0.05, 0.1) is 18.3 Å². The topological polar surface area (TPSA) is 52.8 Å². The zero-order valence-electron chi connectivity index (χ0n) is 13.5. The molecule has 0 atom stereocenters. The first kappa shape index (κ1) is 14.4. The van der Waals surface area contributed by atoms with Gasteiger partial charge in [-0.1, -0.05) is 30.3 Å². The van der Waals surface area contributed by atoms with Crippen LogP contribution in [-0.4, -0.2) is 26.9 Å². The van der Waals surface area contributed by atoms with Gasteiger partial charge in [-0.15, -0.1) is 0 Å². The summed E-state index contributed by atoms with van der Waals surface area (Å²) in [4.78, 5) is 8.89. The van der Waals surface area contributed by atoms with Crippen LogP contribution in [0.25, 0.3) is 33.4 Å². The minimum absolute atomic E-state index is 0.779. The lowest BCUT2D eigenvalue weighted by Crippen LogP contribution is -1.91. The summed E-state index contributed by atoms with van der Waals surface area (Å²) in [6, 6.07) is 16.0. The normalized spacial score (nSPS) is 10.9. The summed E-state index contributed by atoms with van der Waals surface area (Å²) in [5.41, 5.74) is 4.68. The van der Waals surface area contributed by atoms with Crippen LogP contribution in [-0.2, 0) is 7.05 Å². The second-order valence-electron chi connectivity index (χ2n) is 5.54. The Hall–Kier alpha value is -3.21. The SMILES string of the molecule is COc1ccc2c(-c3cn(C)nc3-c3ccccc3)ncnc2c1. The van der Waals surface area contributed by atoms with Crippen LogP contribution in [0.15, 0.2) is 61.1 Å². The Morgan fingerprint density at radius 3 is 2.58 bits per heavy atom. The summed E-state index contributed by atoms with van der Waals surface area (Å²) in [5.74, 6) is 0.779. The molecule has 0 radical (unpaired) electrons. The number of rotatable bonds is 3. The van der Waals surface area contributed by atoms with E-state index in [1.807, 2.05) is 54.3 Å². The van der Waals surface area contributed by atoms with E-state index in [1.54, 1.807) is 13.4 Å². The molecule has 0 spiro atoms. The molecular weight excluding hydrogens is 300 g/mol. The lowest BCUT2D eigenvalue weighted by Gasteiger charge is -2.07. The molecule has 0 amide bonds. The first-order valence-corrected chi connectivity index (χ1v) is 7.64. The van der Waals surface area contributed by atoms with Gasteiger partial charge in [-0.05, 0) is 12.1 Å². The number of fused-ring (bicyclic) bond motifs is 1. The van der Waals surface area contributed by atoms with Gasteiger partial charge in [-0.2, -0.15) is 5.10 Å². The van der Waals surface area contributed by atoms with Gasteiger partial charge < -0.3 is 4.74 Å². The molecule has 118 valence electrons. The number of ether oxygens (including phenoxy) is 1. The van der Waals surface area contributed by atoms with Crippen molar-refractivity contribution in [1.82, 2.24) is 19.7 Å². The Bertz CT molecular complexity index is 1010. The molecule has 0 saturated carbocycles. The highest BCUT2D eigenvalue weighted by Gasteiger charge is 2.16. The quantitative estimate of drug-likeness (QED) is 0.578. The summed E-state index contributed by atoms with van der Waals surface area (Å²) < 4.78 is 7.10. The van der Waals surface area contributed by atoms with E-state index in [0.717, 1.165) is 39.2 Å². The third-order valence-electron chi connectivity index (χ3n) is 3.97. The molecule has 0 aliphatic rings. The molecule has 0 fully saturated rings. The number of benzene rings is 2. The van der Waals surface area contributed by atoms with E-state index in [1.165, 1.54) is 0 Å². The van der Waals surface area contributed by atoms with Crippen molar-refractivity contribution < 1.29 is 4.74 Å². The van der Waals surface area contributed by atoms with Gasteiger partial charge >= 0.3 is 0 Å². The Morgan fingerprint density at radius 1 is 0.958 bits per heavy atom. The maximum atomic E-state index is 5.29. The van der Waals surface area contributed by atoms with Crippen molar-refractivity contribution in [3.05, 3.63) is 61.1 Å². The molecule has 0 unspecified atom stereocenters. The predicted molar refractivity (Wildman–Crippen MR) is 93.7 cm³/mol. The van der Waals surface area contributed by atoms with Crippen LogP contribution in [0, 0.1) is 0 Å². The van der Waals surface area contributed by atoms with Crippen LogP contribution < -0.4 is 4.74 Å². The highest BCUT2D eigenvalue weighted by atomic mass is 16.5. The number of hydrogen-bond donors (Lipinski definition) is 0. The molecule has 2 heterocycles. The third kappa shape index (κ3) is 2.40. The van der Waals surface area contributed by atoms with Crippen LogP contribution in [0.5, 0.6) is 5.75 Å². The second-order valence-corrected chi connectivity index (χ2v) is 5.54. The molecule has 0 aliphatic carbocycles. The Balaban J connectivity index is 1.96. The average Bonchev–Trinajstić information content (AvgIpc) is 3.03. The van der Waals surface area contributed by atoms with Gasteiger partial charge in [0, 0.05) is 35.8 Å². The molecule has 0 bridgehead atoms. The van der Waals surface area contributed by atoms with Crippen molar-refractivity contribution in [3.8, 4) is 28.3 Å². The minimum Gasteiger partial charge on any atom is -0.497 e. The summed E-state index contributed by atoms with van der Waals surface area (Å²) in [6.45, 7) is 0. The molecule has 2 aromatic heterocycles. The average molecular weight is 316 g/mol. The van der Waals surface area contributed by atoms with Gasteiger partial charge in [0.2, 0.25) is 0 Å². The van der Waals surface area contributed by atoms with Crippen LogP contribution in [0.3, 0.4) is 0 Å². The first-order valence-electron chi connectivity index (χ1n) is 7.64. The largest absolute Gasteiger partial charge is 0.497 e. The summed E-state index contributed by atoms with van der Waals surface area (Å²) in [6.07, 6.45) is 3.58. The fourth-order valence-corrected chi connectivity index (χ4v) is 2.85. The van der Waals surface area contributed by atoms with Gasteiger partial charge in [-0.3, -0.25) is 4.68 Å². The Labute approximate surface area is 139 Å². The molecule has 0 saturated heterocycles. The van der Waals surface area contributed by atoms with Crippen molar-refractivity contribution in [2.24, 2.45) is 7.05 Å². The van der Waals surface area contributed by atoms with Gasteiger partial charge in [-0.25, -0.2) is 9.97 Å². The smallest absolute Gasteiger partial charge is 0.121 e. The maximum absolute atomic E-state index is 5.29. The fourth-order valence-electron chi connectivity index (χ4n) is 2.85. The van der Waals surface area contributed by atoms with Gasteiger partial charge in [0.15, 0.2) is 0 Å². The Kier molecular flexibility index (Phi) is 3.46. The standard InChI is InChI=1S/C19H16N4O/c1-23-11-16(18(22-23)13-6-4-3-5-7-13)19-15-9-8-14(24-2)10-17(15)20-12-21-19/h3-12H,1-2H3. The van der Waals surface area contributed by atoms with Crippen molar-refractivity contribution in [2.45, 2.75) is 0 Å². The molecule has 5 nitrogen and oxygen atoms in total. The number of aromatic nitrogens is 4. The third-order valence-corrected chi connectivity index (χ3v) is 3.97. The molecule has 4 aromatic rings. The predicted octanol–water partition coefficient (Wildman–Crippen LogP) is 3.71. The molecular formula is C19H16N4O. The van der Waals surface area contributed by atoms with Gasteiger partial charge in [0.25, 0.3) is 0 Å². The molecule has 24 heavy (non-hydrogen) atoms. The van der Waals surface area contributed by atoms with E-state index in [9.17, 15) is 0 Å². The highest BCUT2D eigenvalue weighted by molar-refractivity contribution is 5.96. The molecule has 2 aromatic carbocycles. The Morgan fingerprint density at radius 2 is 1.79 bits per heavy atom. The first-order chi connectivity index (χ1) is 11.8. The monoisotopic (exact) mass is 316 g/mol. The second kappa shape index (κ2) is 5.77. The van der Waals surface area contributed by atoms with Crippen molar-refractivity contribution >= 4 is 10.9 Å². The summed E-state index contributed by atoms with van der Waals surface area (Å²) in [7, 11) is 3.57. The van der Waals surface area contributed by atoms with Crippen LogP contribution in [0.4, 0.5) is 0 Å². The zero-order chi connectivity index (χ0) is 16.5. The van der Waals surface area contributed by atoms with E-state index >= 15 is 0 Å². The number of nitrogens with zero attached hydrogens (tertiary/aromatic N) is 4. The molecule has 5 heteroatoms. The van der Waals surface area contributed by atoms with E-state index in [2.05, 4.69) is 27.2 Å². The van der Waals surface area contributed by atoms with Crippen molar-refractivity contribution in [1.29, 1.82) is 0 Å². The maximum Gasteiger partial charge on any atom is 0.121 e. The van der Waals surface area contributed by atoms with Crippen LogP contribution in [0.2, 0.25) is 0 Å². The van der Waals surface area contributed by atoms with Crippen molar-refractivity contribution in [2.75, 3.05) is 7.11 Å². The number of hydrogen-bond acceptors (Lipinski definition) is 4. The minimum atomic E-state index is 0.779. The molecule has 0 N–H and O–H groups in total. The summed E-state index contributed by atoms with van der Waals surface area (Å²) >= 11 is 0. The van der Waals surface area contributed by atoms with Crippen LogP contribution >= 0.6 is 0 Å². The highest BCUT2D eigenvalue weighted by Crippen LogP contribution is 2.34. The van der Waals surface area contributed by atoms with E-state index in [4.69, 9.17) is 4.74 Å². The van der Waals surface area contributed by atoms with Gasteiger partial charge in [0.1, 0.15) is 17.8 Å². The van der Waals surface area contributed by atoms with E-state index in [0.29, 0.717) is 0 Å². The molecule has 0 aliphatic heterocycles. The zero-order valence-corrected chi connectivity index (χ0v) is 13.5. The lowest BCUT2D eigenvalue weighted by atomic mass is 10.0.